The van der Waals surface area contributed by atoms with Crippen LogP contribution in [-0.2, 0) is 4.79 Å². The third-order valence-electron chi connectivity index (χ3n) is 5.14. The molecule has 0 radical (unpaired) electrons. The van der Waals surface area contributed by atoms with Crippen LogP contribution in [0.1, 0.15) is 17.3 Å². The zero-order chi connectivity index (χ0) is 23.4. The number of amides is 1. The summed E-state index contributed by atoms with van der Waals surface area (Å²) in [7, 11) is 3.18. The molecule has 168 valence electrons. The largest absolute Gasteiger partial charge is 0.493 e. The Morgan fingerprint density at radius 3 is 2.36 bits per heavy atom. The Kier molecular flexibility index (Phi) is 6.31. The summed E-state index contributed by atoms with van der Waals surface area (Å²) in [6, 6.07) is 17.7. The predicted octanol–water partition coefficient (Wildman–Crippen LogP) is 5.34. The van der Waals surface area contributed by atoms with Crippen molar-refractivity contribution in [3.63, 3.8) is 0 Å². The molecule has 0 saturated heterocycles. The van der Waals surface area contributed by atoms with Gasteiger partial charge < -0.3 is 23.9 Å². The summed E-state index contributed by atoms with van der Waals surface area (Å²) in [6.45, 7) is 1.31. The normalized spacial score (nSPS) is 10.6. The Hall–Kier alpha value is -4.26. The van der Waals surface area contributed by atoms with Crippen LogP contribution >= 0.6 is 0 Å². The topological polar surface area (TPSA) is 87.0 Å². The second-order valence-corrected chi connectivity index (χ2v) is 7.35. The minimum Gasteiger partial charge on any atom is -0.493 e. The van der Waals surface area contributed by atoms with E-state index in [4.69, 9.17) is 18.6 Å². The number of hydrogen-bond acceptors (Lipinski definition) is 6. The number of hydrogen-bond donors (Lipinski definition) is 1. The molecule has 0 atom stereocenters. The average molecular weight is 445 g/mol. The third-order valence-corrected chi connectivity index (χ3v) is 5.14. The molecule has 1 amide bonds. The van der Waals surface area contributed by atoms with Gasteiger partial charge in [0.1, 0.15) is 11.3 Å². The van der Waals surface area contributed by atoms with Gasteiger partial charge in [0, 0.05) is 29.1 Å². The number of carbonyl (C=O) groups is 2. The molecular weight excluding hydrogens is 422 g/mol. The van der Waals surface area contributed by atoms with Crippen LogP contribution in [0, 0.1) is 0 Å². The van der Waals surface area contributed by atoms with Crippen LogP contribution in [0.15, 0.2) is 71.3 Å². The van der Waals surface area contributed by atoms with Crippen molar-refractivity contribution in [2.75, 3.05) is 26.1 Å². The number of furan rings is 1. The Morgan fingerprint density at radius 1 is 0.909 bits per heavy atom. The lowest BCUT2D eigenvalue weighted by atomic mass is 10.0. The molecule has 0 saturated carbocycles. The van der Waals surface area contributed by atoms with E-state index in [-0.39, 0.29) is 18.3 Å². The zero-order valence-corrected chi connectivity index (χ0v) is 18.5. The lowest BCUT2D eigenvalue weighted by Crippen LogP contribution is -2.12. The molecular formula is C26H23NO6. The van der Waals surface area contributed by atoms with Crippen molar-refractivity contribution in [2.45, 2.75) is 6.92 Å². The van der Waals surface area contributed by atoms with E-state index in [1.807, 2.05) is 30.3 Å². The standard InChI is InChI=1S/C26H23NO6/c1-16(28)27-19-7-4-17(5-8-19)23(29)15-32-20-9-11-24-21(13-20)22(14-33-24)18-6-10-25(30-2)26(12-18)31-3/h4-14H,15H2,1-3H3,(H,27,28). The molecule has 3 aromatic carbocycles. The number of nitrogens with one attached hydrogen (secondary N) is 1. The molecule has 0 unspecified atom stereocenters. The van der Waals surface area contributed by atoms with Crippen LogP contribution in [0.4, 0.5) is 5.69 Å². The molecule has 0 aliphatic carbocycles. The number of benzene rings is 3. The zero-order valence-electron chi connectivity index (χ0n) is 18.5. The molecule has 33 heavy (non-hydrogen) atoms. The van der Waals surface area contributed by atoms with Crippen molar-refractivity contribution < 1.29 is 28.2 Å². The molecule has 0 bridgehead atoms. The van der Waals surface area contributed by atoms with E-state index < -0.39 is 0 Å². The number of ketones is 1. The molecule has 7 heteroatoms. The van der Waals surface area contributed by atoms with Crippen molar-refractivity contribution in [2.24, 2.45) is 0 Å². The molecule has 7 nitrogen and oxygen atoms in total. The minimum atomic E-state index is -0.170. The van der Waals surface area contributed by atoms with E-state index in [1.54, 1.807) is 50.8 Å². The maximum Gasteiger partial charge on any atom is 0.221 e. The third kappa shape index (κ3) is 4.82. The highest BCUT2D eigenvalue weighted by Crippen LogP contribution is 2.37. The molecule has 4 aromatic rings. The van der Waals surface area contributed by atoms with Crippen molar-refractivity contribution >= 4 is 28.3 Å². The monoisotopic (exact) mass is 445 g/mol. The highest BCUT2D eigenvalue weighted by molar-refractivity contribution is 5.98. The van der Waals surface area contributed by atoms with E-state index in [0.29, 0.717) is 34.1 Å². The van der Waals surface area contributed by atoms with Crippen molar-refractivity contribution in [3.05, 3.63) is 72.5 Å². The second kappa shape index (κ2) is 9.48. The summed E-state index contributed by atoms with van der Waals surface area (Å²) >= 11 is 0. The summed E-state index contributed by atoms with van der Waals surface area (Å²) in [5.41, 5.74) is 3.61. The highest BCUT2D eigenvalue weighted by atomic mass is 16.5. The van der Waals surface area contributed by atoms with E-state index in [9.17, 15) is 9.59 Å². The van der Waals surface area contributed by atoms with E-state index in [2.05, 4.69) is 5.32 Å². The van der Waals surface area contributed by atoms with Gasteiger partial charge in [0.15, 0.2) is 23.9 Å². The van der Waals surface area contributed by atoms with Gasteiger partial charge in [-0.1, -0.05) is 6.07 Å². The fourth-order valence-electron chi connectivity index (χ4n) is 3.50. The van der Waals surface area contributed by atoms with Crippen molar-refractivity contribution in [3.8, 4) is 28.4 Å². The summed E-state index contributed by atoms with van der Waals surface area (Å²) in [4.78, 5) is 23.7. The lowest BCUT2D eigenvalue weighted by molar-refractivity contribution is -0.114. The van der Waals surface area contributed by atoms with Gasteiger partial charge in [-0.05, 0) is 60.2 Å². The van der Waals surface area contributed by atoms with E-state index in [0.717, 1.165) is 16.5 Å². The van der Waals surface area contributed by atoms with Crippen LogP contribution in [0.2, 0.25) is 0 Å². The Morgan fingerprint density at radius 2 is 1.67 bits per heavy atom. The van der Waals surface area contributed by atoms with Crippen molar-refractivity contribution in [1.82, 2.24) is 0 Å². The van der Waals surface area contributed by atoms with Gasteiger partial charge >= 0.3 is 0 Å². The quantitative estimate of drug-likeness (QED) is 0.369. The van der Waals surface area contributed by atoms with Gasteiger partial charge in [-0.15, -0.1) is 0 Å². The smallest absolute Gasteiger partial charge is 0.221 e. The number of carbonyl (C=O) groups excluding carboxylic acids is 2. The fourth-order valence-corrected chi connectivity index (χ4v) is 3.50. The SMILES string of the molecule is COc1ccc(-c2coc3ccc(OCC(=O)c4ccc(NC(C)=O)cc4)cc23)cc1OC. The summed E-state index contributed by atoms with van der Waals surface area (Å²) in [5, 5.41) is 3.52. The first-order valence-corrected chi connectivity index (χ1v) is 10.3. The van der Waals surface area contributed by atoms with Gasteiger partial charge in [-0.3, -0.25) is 9.59 Å². The Labute approximate surface area is 190 Å². The maximum absolute atomic E-state index is 12.5. The first-order valence-electron chi connectivity index (χ1n) is 10.3. The first-order chi connectivity index (χ1) is 16.0. The van der Waals surface area contributed by atoms with Crippen LogP contribution in [0.25, 0.3) is 22.1 Å². The molecule has 1 aromatic heterocycles. The van der Waals surface area contributed by atoms with E-state index >= 15 is 0 Å². The van der Waals surface area contributed by atoms with Gasteiger partial charge in [-0.2, -0.15) is 0 Å². The van der Waals surface area contributed by atoms with E-state index in [1.165, 1.54) is 6.92 Å². The van der Waals surface area contributed by atoms with Crippen LogP contribution in [-0.4, -0.2) is 32.5 Å². The number of ether oxygens (including phenoxy) is 3. The maximum atomic E-state index is 12.5. The fraction of sp³-hybridized carbons (Fsp3) is 0.154. The summed E-state index contributed by atoms with van der Waals surface area (Å²) < 4.78 is 22.2. The number of rotatable bonds is 8. The van der Waals surface area contributed by atoms with Crippen LogP contribution in [0.3, 0.4) is 0 Å². The Bertz CT molecular complexity index is 1310. The molecule has 0 aliphatic rings. The lowest BCUT2D eigenvalue weighted by Gasteiger charge is -2.09. The molecule has 0 fully saturated rings. The Balaban J connectivity index is 1.52. The number of anilines is 1. The highest BCUT2D eigenvalue weighted by Gasteiger charge is 2.13. The molecule has 4 rings (SSSR count). The van der Waals surface area contributed by atoms with Gasteiger partial charge in [0.25, 0.3) is 0 Å². The molecule has 0 aliphatic heterocycles. The van der Waals surface area contributed by atoms with Gasteiger partial charge in [0.2, 0.25) is 5.91 Å². The average Bonchev–Trinajstić information content (AvgIpc) is 3.25. The number of fused-ring (bicyclic) bond motifs is 1. The molecule has 0 spiro atoms. The van der Waals surface area contributed by atoms with Gasteiger partial charge in [0.05, 0.1) is 20.5 Å². The summed E-state index contributed by atoms with van der Waals surface area (Å²) in [5.74, 6) is 1.47. The number of methoxy groups -OCH3 is 2. The van der Waals surface area contributed by atoms with Crippen molar-refractivity contribution in [1.29, 1.82) is 0 Å². The first kappa shape index (κ1) is 22.0. The van der Waals surface area contributed by atoms with Crippen LogP contribution < -0.4 is 19.5 Å². The summed E-state index contributed by atoms with van der Waals surface area (Å²) in [6.07, 6.45) is 1.68. The van der Waals surface area contributed by atoms with Gasteiger partial charge in [-0.25, -0.2) is 0 Å². The number of Topliss-reactive ketones (excluding diaryl/α,β-unsaturated/α-hetero) is 1. The molecule has 1 N–H and O–H groups in total. The predicted molar refractivity (Wildman–Crippen MR) is 125 cm³/mol. The second-order valence-electron chi connectivity index (χ2n) is 7.35. The van der Waals surface area contributed by atoms with Crippen LogP contribution in [0.5, 0.6) is 17.2 Å². The minimum absolute atomic E-state index is 0.117. The molecule has 1 heterocycles.